The lowest BCUT2D eigenvalue weighted by Crippen LogP contribution is -2.51. The molecule has 8 heteroatoms. The molecule has 0 bridgehead atoms. The van der Waals surface area contributed by atoms with Gasteiger partial charge >= 0.3 is 5.97 Å². The Hall–Kier alpha value is -2.48. The van der Waals surface area contributed by atoms with E-state index in [-0.39, 0.29) is 30.8 Å². The zero-order chi connectivity index (χ0) is 17.6. The fourth-order valence-electron chi connectivity index (χ4n) is 1.98. The van der Waals surface area contributed by atoms with E-state index in [1.807, 2.05) is 0 Å². The lowest BCUT2D eigenvalue weighted by molar-refractivity contribution is -0.384. The van der Waals surface area contributed by atoms with Crippen LogP contribution < -0.4 is 0 Å². The lowest BCUT2D eigenvalue weighted by Gasteiger charge is -2.37. The molecular weight excluding hydrogens is 304 g/mol. The van der Waals surface area contributed by atoms with E-state index >= 15 is 0 Å². The first-order valence-corrected chi connectivity index (χ1v) is 6.97. The number of ether oxygens (including phenoxy) is 1. The maximum atomic E-state index is 12.7. The highest BCUT2D eigenvalue weighted by Crippen LogP contribution is 2.21. The van der Waals surface area contributed by atoms with E-state index < -0.39 is 22.3 Å². The Kier molecular flexibility index (Phi) is 6.20. The highest BCUT2D eigenvalue weighted by atomic mass is 16.6. The molecule has 0 saturated heterocycles. The van der Waals surface area contributed by atoms with E-state index in [1.54, 1.807) is 13.8 Å². The quantitative estimate of drug-likeness (QED) is 0.461. The summed E-state index contributed by atoms with van der Waals surface area (Å²) in [5.74, 6) is -0.993. The van der Waals surface area contributed by atoms with Gasteiger partial charge in [0.2, 0.25) is 0 Å². The van der Waals surface area contributed by atoms with Gasteiger partial charge in [-0.25, -0.2) is 0 Å². The van der Waals surface area contributed by atoms with Gasteiger partial charge in [-0.3, -0.25) is 19.7 Å². The minimum absolute atomic E-state index is 0.0295. The summed E-state index contributed by atoms with van der Waals surface area (Å²) in [7, 11) is 1.24. The van der Waals surface area contributed by atoms with E-state index in [1.165, 1.54) is 36.3 Å². The van der Waals surface area contributed by atoms with Crippen LogP contribution in [0.4, 0.5) is 5.69 Å². The highest BCUT2D eigenvalue weighted by Gasteiger charge is 2.31. The van der Waals surface area contributed by atoms with Crippen LogP contribution in [0.15, 0.2) is 24.3 Å². The average molecular weight is 324 g/mol. The molecule has 0 atom stereocenters. The van der Waals surface area contributed by atoms with Crippen molar-refractivity contribution >= 4 is 17.6 Å². The highest BCUT2D eigenvalue weighted by molar-refractivity contribution is 5.95. The van der Waals surface area contributed by atoms with Gasteiger partial charge < -0.3 is 14.7 Å². The Morgan fingerprint density at radius 1 is 1.39 bits per heavy atom. The van der Waals surface area contributed by atoms with Gasteiger partial charge in [0.1, 0.15) is 0 Å². The number of amides is 1. The van der Waals surface area contributed by atoms with E-state index in [9.17, 15) is 24.8 Å². The molecule has 1 aromatic carbocycles. The number of hydrogen-bond acceptors (Lipinski definition) is 6. The molecule has 23 heavy (non-hydrogen) atoms. The number of esters is 1. The smallest absolute Gasteiger partial charge is 0.307 e. The number of non-ortho nitro benzene ring substituents is 1. The van der Waals surface area contributed by atoms with Crippen molar-refractivity contribution in [2.24, 2.45) is 0 Å². The number of nitro benzene ring substituents is 1. The average Bonchev–Trinajstić information content (AvgIpc) is 2.54. The van der Waals surface area contributed by atoms with Crippen molar-refractivity contribution < 1.29 is 24.4 Å². The molecule has 1 rings (SSSR count). The van der Waals surface area contributed by atoms with Crippen LogP contribution in [0, 0.1) is 10.1 Å². The predicted octanol–water partition coefficient (Wildman–Crippen LogP) is 1.37. The van der Waals surface area contributed by atoms with Crippen LogP contribution in [0.25, 0.3) is 0 Å². The predicted molar refractivity (Wildman–Crippen MR) is 81.9 cm³/mol. The fourth-order valence-corrected chi connectivity index (χ4v) is 1.98. The maximum Gasteiger partial charge on any atom is 0.307 e. The second-order valence-corrected chi connectivity index (χ2v) is 5.56. The summed E-state index contributed by atoms with van der Waals surface area (Å²) in [5, 5.41) is 20.3. The molecular formula is C15H20N2O6. The maximum absolute atomic E-state index is 12.7. The summed E-state index contributed by atoms with van der Waals surface area (Å²) < 4.78 is 4.55. The van der Waals surface area contributed by atoms with Gasteiger partial charge in [0.15, 0.2) is 0 Å². The van der Waals surface area contributed by atoms with E-state index in [4.69, 9.17) is 0 Å². The summed E-state index contributed by atoms with van der Waals surface area (Å²) in [6, 6.07) is 5.32. The molecule has 0 saturated carbocycles. The Labute approximate surface area is 133 Å². The molecule has 0 spiro atoms. The first-order valence-electron chi connectivity index (χ1n) is 6.97. The van der Waals surface area contributed by atoms with Crippen LogP contribution in [0.2, 0.25) is 0 Å². The molecule has 1 amide bonds. The standard InChI is InChI=1S/C15H20N2O6/c1-15(2,10-18)16(8-7-13(19)23-3)14(20)11-5-4-6-12(9-11)17(21)22/h4-6,9,18H,7-8,10H2,1-3H3. The van der Waals surface area contributed by atoms with E-state index in [0.717, 1.165) is 0 Å². The number of carbonyl (C=O) groups is 2. The zero-order valence-corrected chi connectivity index (χ0v) is 13.3. The summed E-state index contributed by atoms with van der Waals surface area (Å²) in [5.41, 5.74) is -1.02. The van der Waals surface area contributed by atoms with Gasteiger partial charge in [-0.15, -0.1) is 0 Å². The minimum atomic E-state index is -0.935. The van der Waals surface area contributed by atoms with Crippen LogP contribution in [0.1, 0.15) is 30.6 Å². The first-order chi connectivity index (χ1) is 10.7. The Morgan fingerprint density at radius 2 is 2.04 bits per heavy atom. The van der Waals surface area contributed by atoms with Crippen molar-refractivity contribution in [2.45, 2.75) is 25.8 Å². The topological polar surface area (TPSA) is 110 Å². The van der Waals surface area contributed by atoms with Gasteiger partial charge in [0.05, 0.1) is 30.6 Å². The minimum Gasteiger partial charge on any atom is -0.469 e. The zero-order valence-electron chi connectivity index (χ0n) is 13.3. The Balaban J connectivity index is 3.10. The normalized spacial score (nSPS) is 11.0. The summed E-state index contributed by atoms with van der Waals surface area (Å²) in [4.78, 5) is 35.5. The Morgan fingerprint density at radius 3 is 2.57 bits per heavy atom. The van der Waals surface area contributed by atoms with Crippen molar-refractivity contribution in [3.8, 4) is 0 Å². The van der Waals surface area contributed by atoms with Crippen LogP contribution in [0.5, 0.6) is 0 Å². The monoisotopic (exact) mass is 324 g/mol. The molecule has 1 N–H and O–H groups in total. The molecule has 1 aromatic rings. The van der Waals surface area contributed by atoms with Gasteiger partial charge in [-0.1, -0.05) is 6.07 Å². The molecule has 0 heterocycles. The van der Waals surface area contributed by atoms with E-state index in [2.05, 4.69) is 4.74 Å². The number of nitro groups is 1. The van der Waals surface area contributed by atoms with Gasteiger partial charge in [-0.05, 0) is 19.9 Å². The van der Waals surface area contributed by atoms with E-state index in [0.29, 0.717) is 0 Å². The third-order valence-electron chi connectivity index (χ3n) is 3.43. The Bertz CT molecular complexity index is 599. The largest absolute Gasteiger partial charge is 0.469 e. The molecule has 126 valence electrons. The number of aliphatic hydroxyl groups is 1. The van der Waals surface area contributed by atoms with Crippen LogP contribution >= 0.6 is 0 Å². The molecule has 0 aliphatic carbocycles. The molecule has 8 nitrogen and oxygen atoms in total. The number of methoxy groups -OCH3 is 1. The number of rotatable bonds is 7. The van der Waals surface area contributed by atoms with Crippen molar-refractivity contribution in [2.75, 3.05) is 20.3 Å². The second kappa shape index (κ2) is 7.68. The van der Waals surface area contributed by atoms with Crippen molar-refractivity contribution in [1.82, 2.24) is 4.90 Å². The van der Waals surface area contributed by atoms with Gasteiger partial charge in [0, 0.05) is 24.2 Å². The third kappa shape index (κ3) is 4.75. The SMILES string of the molecule is COC(=O)CCN(C(=O)c1cccc([N+](=O)[O-])c1)C(C)(C)CO. The van der Waals surface area contributed by atoms with Crippen LogP contribution in [-0.4, -0.2) is 52.6 Å². The molecule has 0 fully saturated rings. The molecule has 0 unspecified atom stereocenters. The summed E-state index contributed by atoms with van der Waals surface area (Å²) >= 11 is 0. The van der Waals surface area contributed by atoms with Crippen LogP contribution in [0.3, 0.4) is 0 Å². The number of hydrogen-bond donors (Lipinski definition) is 1. The fraction of sp³-hybridized carbons (Fsp3) is 0.467. The molecule has 0 aliphatic heterocycles. The van der Waals surface area contributed by atoms with Crippen LogP contribution in [-0.2, 0) is 9.53 Å². The van der Waals surface area contributed by atoms with Crippen molar-refractivity contribution in [3.63, 3.8) is 0 Å². The molecule has 0 aliphatic rings. The van der Waals surface area contributed by atoms with Crippen molar-refractivity contribution in [1.29, 1.82) is 0 Å². The van der Waals surface area contributed by atoms with Crippen molar-refractivity contribution in [3.05, 3.63) is 39.9 Å². The number of carbonyl (C=O) groups excluding carboxylic acids is 2. The van der Waals surface area contributed by atoms with Gasteiger partial charge in [-0.2, -0.15) is 0 Å². The summed E-state index contributed by atoms with van der Waals surface area (Å²) in [6.45, 7) is 2.98. The number of aliphatic hydroxyl groups excluding tert-OH is 1. The van der Waals surface area contributed by atoms with Gasteiger partial charge in [0.25, 0.3) is 11.6 Å². The second-order valence-electron chi connectivity index (χ2n) is 5.56. The first kappa shape index (κ1) is 18.6. The third-order valence-corrected chi connectivity index (χ3v) is 3.43. The molecule has 0 aromatic heterocycles. The number of nitrogens with zero attached hydrogens (tertiary/aromatic N) is 2. The number of benzene rings is 1. The summed E-state index contributed by atoms with van der Waals surface area (Å²) in [6.07, 6.45) is -0.0411. The molecule has 0 radical (unpaired) electrons. The lowest BCUT2D eigenvalue weighted by atomic mass is 10.0.